The topological polar surface area (TPSA) is 100 Å². The predicted octanol–water partition coefficient (Wildman–Crippen LogP) is 2.20. The number of carbonyl (C=O) groups excluding carboxylic acids is 2. The van der Waals surface area contributed by atoms with Crippen molar-refractivity contribution in [2.45, 2.75) is 19.0 Å². The van der Waals surface area contributed by atoms with Crippen molar-refractivity contribution in [2.75, 3.05) is 0 Å². The van der Waals surface area contributed by atoms with E-state index in [2.05, 4.69) is 15.6 Å². The Morgan fingerprint density at radius 3 is 2.58 bits per heavy atom. The first-order valence-electron chi connectivity index (χ1n) is 8.16. The Labute approximate surface area is 149 Å². The van der Waals surface area contributed by atoms with E-state index >= 15 is 0 Å². The van der Waals surface area contributed by atoms with Crippen LogP contribution in [0.3, 0.4) is 0 Å². The largest absolute Gasteiger partial charge is 0.361 e. The molecule has 0 aliphatic rings. The molecule has 1 heterocycles. The highest BCUT2D eigenvalue weighted by Crippen LogP contribution is 2.19. The second-order valence-corrected chi connectivity index (χ2v) is 5.97. The molecule has 0 saturated heterocycles. The van der Waals surface area contributed by atoms with E-state index in [1.54, 1.807) is 12.1 Å². The number of hydrogen-bond acceptors (Lipinski definition) is 2. The van der Waals surface area contributed by atoms with Crippen LogP contribution >= 0.6 is 0 Å². The number of rotatable bonds is 6. The summed E-state index contributed by atoms with van der Waals surface area (Å²) >= 11 is 0. The second-order valence-electron chi connectivity index (χ2n) is 5.97. The Hall–Kier alpha value is -3.35. The average molecular weight is 354 g/mol. The lowest BCUT2D eigenvalue weighted by molar-refractivity contribution is -0.123. The van der Waals surface area contributed by atoms with Crippen LogP contribution in [0.2, 0.25) is 0 Å². The van der Waals surface area contributed by atoms with Crippen LogP contribution in [0.25, 0.3) is 10.9 Å². The number of nitrogens with two attached hydrogens (primary N) is 1. The van der Waals surface area contributed by atoms with Gasteiger partial charge in [-0.15, -0.1) is 0 Å². The molecule has 26 heavy (non-hydrogen) atoms. The molecular weight excluding hydrogens is 335 g/mol. The van der Waals surface area contributed by atoms with Gasteiger partial charge in [0.2, 0.25) is 5.91 Å². The lowest BCUT2D eigenvalue weighted by Gasteiger charge is -2.17. The van der Waals surface area contributed by atoms with Crippen LogP contribution in [0, 0.1) is 5.82 Å². The van der Waals surface area contributed by atoms with Gasteiger partial charge in [0.1, 0.15) is 11.9 Å². The third-order valence-electron chi connectivity index (χ3n) is 4.11. The summed E-state index contributed by atoms with van der Waals surface area (Å²) in [5.74, 6) is -0.703. The highest BCUT2D eigenvalue weighted by Gasteiger charge is 2.21. The maximum atomic E-state index is 12.9. The van der Waals surface area contributed by atoms with Crippen molar-refractivity contribution < 1.29 is 14.0 Å². The minimum Gasteiger partial charge on any atom is -0.361 e. The number of primary amides is 1. The van der Waals surface area contributed by atoms with Gasteiger partial charge in [-0.05, 0) is 29.3 Å². The molecule has 1 aromatic heterocycles. The molecule has 5 N–H and O–H groups in total. The van der Waals surface area contributed by atoms with E-state index in [1.165, 1.54) is 12.1 Å². The number of fused-ring (bicyclic) bond motifs is 1. The molecule has 3 aromatic rings. The molecule has 3 rings (SSSR count). The molecule has 3 amide bonds. The first-order chi connectivity index (χ1) is 12.5. The zero-order valence-electron chi connectivity index (χ0n) is 14.0. The molecular formula is C19H19FN4O2. The zero-order valence-corrected chi connectivity index (χ0v) is 14.0. The van der Waals surface area contributed by atoms with Gasteiger partial charge in [0, 0.05) is 30.1 Å². The van der Waals surface area contributed by atoms with Crippen molar-refractivity contribution in [1.82, 2.24) is 15.6 Å². The van der Waals surface area contributed by atoms with Gasteiger partial charge in [0.05, 0.1) is 0 Å². The summed E-state index contributed by atoms with van der Waals surface area (Å²) in [6.45, 7) is 0.226. The summed E-state index contributed by atoms with van der Waals surface area (Å²) in [7, 11) is 0. The van der Waals surface area contributed by atoms with Crippen LogP contribution < -0.4 is 16.4 Å². The summed E-state index contributed by atoms with van der Waals surface area (Å²) in [5, 5.41) is 6.21. The van der Waals surface area contributed by atoms with E-state index in [-0.39, 0.29) is 18.3 Å². The molecule has 6 nitrogen and oxygen atoms in total. The van der Waals surface area contributed by atoms with Crippen molar-refractivity contribution in [3.8, 4) is 0 Å². The van der Waals surface area contributed by atoms with Gasteiger partial charge in [-0.3, -0.25) is 4.79 Å². The summed E-state index contributed by atoms with van der Waals surface area (Å²) in [6, 6.07) is 11.9. The Morgan fingerprint density at radius 1 is 1.12 bits per heavy atom. The van der Waals surface area contributed by atoms with Crippen molar-refractivity contribution in [2.24, 2.45) is 5.73 Å². The van der Waals surface area contributed by atoms with Gasteiger partial charge in [0.25, 0.3) is 0 Å². The highest BCUT2D eigenvalue weighted by molar-refractivity contribution is 5.88. The summed E-state index contributed by atoms with van der Waals surface area (Å²) < 4.78 is 12.9. The Balaban J connectivity index is 1.71. The number of nitrogens with one attached hydrogen (secondary N) is 3. The smallest absolute Gasteiger partial charge is 0.312 e. The fourth-order valence-electron chi connectivity index (χ4n) is 2.82. The first kappa shape index (κ1) is 17.5. The van der Waals surface area contributed by atoms with E-state index in [0.29, 0.717) is 6.42 Å². The molecule has 7 heteroatoms. The normalized spacial score (nSPS) is 11.9. The van der Waals surface area contributed by atoms with Crippen LogP contribution in [0.1, 0.15) is 11.1 Å². The number of halogens is 1. The third kappa shape index (κ3) is 4.18. The lowest BCUT2D eigenvalue weighted by Crippen LogP contribution is -2.49. The van der Waals surface area contributed by atoms with Gasteiger partial charge in [0.15, 0.2) is 0 Å². The molecule has 0 saturated carbocycles. The number of hydrogen-bond donors (Lipinski definition) is 4. The average Bonchev–Trinajstić information content (AvgIpc) is 3.03. The fourth-order valence-corrected chi connectivity index (χ4v) is 2.82. The Bertz CT molecular complexity index is 921. The van der Waals surface area contributed by atoms with Gasteiger partial charge >= 0.3 is 6.03 Å². The molecule has 0 spiro atoms. The van der Waals surface area contributed by atoms with E-state index < -0.39 is 12.1 Å². The molecule has 0 aliphatic heterocycles. The van der Waals surface area contributed by atoms with Crippen LogP contribution in [0.15, 0.2) is 54.7 Å². The number of urea groups is 1. The van der Waals surface area contributed by atoms with Crippen molar-refractivity contribution in [1.29, 1.82) is 0 Å². The van der Waals surface area contributed by atoms with Crippen molar-refractivity contribution in [3.63, 3.8) is 0 Å². The van der Waals surface area contributed by atoms with E-state index in [4.69, 9.17) is 5.73 Å². The second kappa shape index (κ2) is 7.69. The van der Waals surface area contributed by atoms with Crippen LogP contribution in [-0.2, 0) is 17.8 Å². The Morgan fingerprint density at radius 2 is 1.85 bits per heavy atom. The molecule has 2 aromatic carbocycles. The number of benzene rings is 2. The van der Waals surface area contributed by atoms with E-state index in [1.807, 2.05) is 30.5 Å². The van der Waals surface area contributed by atoms with Gasteiger partial charge < -0.3 is 21.4 Å². The predicted molar refractivity (Wildman–Crippen MR) is 96.8 cm³/mol. The van der Waals surface area contributed by atoms with Crippen LogP contribution in [-0.4, -0.2) is 23.0 Å². The molecule has 0 bridgehead atoms. The van der Waals surface area contributed by atoms with Gasteiger partial charge in [-0.1, -0.05) is 30.3 Å². The number of aromatic amines is 1. The molecule has 0 fully saturated rings. The lowest BCUT2D eigenvalue weighted by atomic mass is 10.0. The van der Waals surface area contributed by atoms with E-state index in [9.17, 15) is 14.0 Å². The molecule has 0 aliphatic carbocycles. The number of H-pyrrole nitrogens is 1. The maximum absolute atomic E-state index is 12.9. The van der Waals surface area contributed by atoms with Gasteiger partial charge in [-0.2, -0.15) is 0 Å². The number of amides is 3. The Kier molecular flexibility index (Phi) is 5.17. The quantitative estimate of drug-likeness (QED) is 0.546. The highest BCUT2D eigenvalue weighted by atomic mass is 19.1. The standard InChI is InChI=1S/C19H19FN4O2/c20-14-7-5-12(6-8-14)10-23-18(25)17(24-19(21)26)9-13-11-22-16-4-2-1-3-15(13)16/h1-8,11,17,22H,9-10H2,(H,23,25)(H3,21,24,26)/t17-/m1/s1. The SMILES string of the molecule is NC(=O)N[C@H](Cc1c[nH]c2ccccc12)C(=O)NCc1ccc(F)cc1. The minimum atomic E-state index is -0.813. The van der Waals surface area contributed by atoms with Crippen molar-refractivity contribution in [3.05, 3.63) is 71.7 Å². The summed E-state index contributed by atoms with van der Waals surface area (Å²) in [4.78, 5) is 27.0. The zero-order chi connectivity index (χ0) is 18.5. The van der Waals surface area contributed by atoms with Gasteiger partial charge in [-0.25, -0.2) is 9.18 Å². The number of carbonyl (C=O) groups is 2. The summed E-state index contributed by atoms with van der Waals surface area (Å²) in [6.07, 6.45) is 2.11. The monoisotopic (exact) mass is 354 g/mol. The third-order valence-corrected chi connectivity index (χ3v) is 4.11. The minimum absolute atomic E-state index is 0.226. The molecule has 0 unspecified atom stereocenters. The van der Waals surface area contributed by atoms with Crippen LogP contribution in [0.5, 0.6) is 0 Å². The van der Waals surface area contributed by atoms with E-state index in [0.717, 1.165) is 22.0 Å². The summed E-state index contributed by atoms with van der Waals surface area (Å²) in [5.41, 5.74) is 7.82. The molecule has 134 valence electrons. The van der Waals surface area contributed by atoms with Crippen molar-refractivity contribution >= 4 is 22.8 Å². The fraction of sp³-hybridized carbons (Fsp3) is 0.158. The molecule has 1 atom stereocenters. The molecule has 0 radical (unpaired) electrons. The van der Waals surface area contributed by atoms with Crippen LogP contribution in [0.4, 0.5) is 9.18 Å². The number of aromatic nitrogens is 1. The first-order valence-corrected chi connectivity index (χ1v) is 8.16. The number of para-hydroxylation sites is 1. The maximum Gasteiger partial charge on any atom is 0.312 e.